The molecule has 1 heterocycles. The molecule has 2 unspecified atom stereocenters. The minimum atomic E-state index is -0.590. The number of hydrogen-bond acceptors (Lipinski definition) is 2. The van der Waals surface area contributed by atoms with Crippen molar-refractivity contribution < 1.29 is 9.90 Å². The van der Waals surface area contributed by atoms with E-state index in [1.807, 2.05) is 0 Å². The molecule has 1 aliphatic heterocycles. The van der Waals surface area contributed by atoms with Gasteiger partial charge in [0.15, 0.2) is 0 Å². The first kappa shape index (κ1) is 11.9. The van der Waals surface area contributed by atoms with Crippen LogP contribution >= 0.6 is 0 Å². The predicted octanol–water partition coefficient (Wildman–Crippen LogP) is 2.50. The maximum Gasteiger partial charge on any atom is 0.308 e. The molecular formula is C13H23NO2. The summed E-state index contributed by atoms with van der Waals surface area (Å²) >= 11 is 0. The van der Waals surface area contributed by atoms with E-state index in [0.29, 0.717) is 0 Å². The first-order valence-corrected chi connectivity index (χ1v) is 6.52. The molecule has 16 heavy (non-hydrogen) atoms. The van der Waals surface area contributed by atoms with Crippen molar-refractivity contribution in [1.29, 1.82) is 0 Å². The van der Waals surface area contributed by atoms with Crippen LogP contribution < -0.4 is 0 Å². The van der Waals surface area contributed by atoms with Crippen LogP contribution in [0.5, 0.6) is 0 Å². The van der Waals surface area contributed by atoms with Crippen molar-refractivity contribution >= 4 is 5.97 Å². The second-order valence-corrected chi connectivity index (χ2v) is 5.91. The molecule has 0 aromatic rings. The van der Waals surface area contributed by atoms with Crippen LogP contribution in [-0.2, 0) is 4.79 Å². The Morgan fingerprint density at radius 1 is 1.25 bits per heavy atom. The van der Waals surface area contributed by atoms with E-state index < -0.39 is 5.97 Å². The van der Waals surface area contributed by atoms with Crippen molar-refractivity contribution in [3.63, 3.8) is 0 Å². The van der Waals surface area contributed by atoms with E-state index in [1.165, 1.54) is 19.3 Å². The number of hydrogen-bond donors (Lipinski definition) is 1. The first-order valence-electron chi connectivity index (χ1n) is 6.52. The van der Waals surface area contributed by atoms with Crippen LogP contribution in [-0.4, -0.2) is 34.1 Å². The van der Waals surface area contributed by atoms with Crippen LogP contribution in [0.1, 0.15) is 52.4 Å². The Hall–Kier alpha value is -0.570. The van der Waals surface area contributed by atoms with Crippen LogP contribution in [0.2, 0.25) is 0 Å². The monoisotopic (exact) mass is 225 g/mol. The topological polar surface area (TPSA) is 40.5 Å². The fourth-order valence-corrected chi connectivity index (χ4v) is 3.52. The minimum absolute atomic E-state index is 0.133. The van der Waals surface area contributed by atoms with E-state index in [9.17, 15) is 9.90 Å². The number of aliphatic carboxylic acids is 1. The van der Waals surface area contributed by atoms with Crippen LogP contribution in [0.4, 0.5) is 0 Å². The summed E-state index contributed by atoms with van der Waals surface area (Å²) < 4.78 is 0. The van der Waals surface area contributed by atoms with E-state index >= 15 is 0 Å². The summed E-state index contributed by atoms with van der Waals surface area (Å²) in [5.41, 5.74) is 0.204. The van der Waals surface area contributed by atoms with E-state index in [2.05, 4.69) is 18.7 Å². The lowest BCUT2D eigenvalue weighted by atomic mass is 9.82. The summed E-state index contributed by atoms with van der Waals surface area (Å²) in [7, 11) is 0. The Morgan fingerprint density at radius 2 is 1.94 bits per heavy atom. The number of likely N-dealkylation sites (tertiary alicyclic amines) is 1. The van der Waals surface area contributed by atoms with Gasteiger partial charge in [-0.05, 0) is 46.1 Å². The standard InChI is InChI=1S/C13H23NO2/c1-13(2)8-5-9-14(13)11-7-4-3-6-10(11)12(15)16/h10-11H,3-9H2,1-2H3,(H,15,16). The van der Waals surface area contributed by atoms with Gasteiger partial charge in [-0.1, -0.05) is 12.8 Å². The van der Waals surface area contributed by atoms with Gasteiger partial charge >= 0.3 is 5.97 Å². The molecule has 2 fully saturated rings. The molecule has 2 rings (SSSR count). The largest absolute Gasteiger partial charge is 0.481 e. The van der Waals surface area contributed by atoms with E-state index in [1.54, 1.807) is 0 Å². The number of rotatable bonds is 2. The smallest absolute Gasteiger partial charge is 0.308 e. The molecule has 3 heteroatoms. The summed E-state index contributed by atoms with van der Waals surface area (Å²) in [6.45, 7) is 5.60. The van der Waals surface area contributed by atoms with E-state index in [-0.39, 0.29) is 17.5 Å². The molecule has 2 atom stereocenters. The molecular weight excluding hydrogens is 202 g/mol. The summed E-state index contributed by atoms with van der Waals surface area (Å²) in [5, 5.41) is 9.31. The van der Waals surface area contributed by atoms with Crippen molar-refractivity contribution in [2.75, 3.05) is 6.54 Å². The Kier molecular flexibility index (Phi) is 3.24. The van der Waals surface area contributed by atoms with Gasteiger partial charge in [-0.15, -0.1) is 0 Å². The van der Waals surface area contributed by atoms with Gasteiger partial charge in [0.2, 0.25) is 0 Å². The Morgan fingerprint density at radius 3 is 2.50 bits per heavy atom. The highest BCUT2D eigenvalue weighted by Gasteiger charge is 2.42. The molecule has 0 aromatic carbocycles. The molecule has 3 nitrogen and oxygen atoms in total. The van der Waals surface area contributed by atoms with Crippen LogP contribution in [0.3, 0.4) is 0 Å². The van der Waals surface area contributed by atoms with Crippen molar-refractivity contribution in [2.24, 2.45) is 5.92 Å². The number of carboxylic acids is 1. The lowest BCUT2D eigenvalue weighted by Crippen LogP contribution is -2.51. The summed E-state index contributed by atoms with van der Waals surface area (Å²) in [6.07, 6.45) is 6.64. The third-order valence-electron chi connectivity index (χ3n) is 4.41. The molecule has 1 aliphatic carbocycles. The van der Waals surface area contributed by atoms with Crippen molar-refractivity contribution in [3.8, 4) is 0 Å². The van der Waals surface area contributed by atoms with Gasteiger partial charge in [-0.25, -0.2) is 0 Å². The Balaban J connectivity index is 2.14. The molecule has 0 radical (unpaired) electrons. The van der Waals surface area contributed by atoms with Gasteiger partial charge in [0.25, 0.3) is 0 Å². The Labute approximate surface area is 97.8 Å². The molecule has 1 saturated heterocycles. The molecule has 0 aromatic heterocycles. The summed E-state index contributed by atoms with van der Waals surface area (Å²) in [5.74, 6) is -0.724. The summed E-state index contributed by atoms with van der Waals surface area (Å²) in [4.78, 5) is 13.8. The van der Waals surface area contributed by atoms with Gasteiger partial charge in [-0.3, -0.25) is 9.69 Å². The predicted molar refractivity (Wildman–Crippen MR) is 63.4 cm³/mol. The fourth-order valence-electron chi connectivity index (χ4n) is 3.52. The SMILES string of the molecule is CC1(C)CCCN1C1CCCCC1C(=O)O. The third kappa shape index (κ3) is 2.10. The maximum absolute atomic E-state index is 11.3. The highest BCUT2D eigenvalue weighted by molar-refractivity contribution is 5.71. The first-order chi connectivity index (χ1) is 7.52. The molecule has 0 spiro atoms. The molecule has 0 amide bonds. The fraction of sp³-hybridized carbons (Fsp3) is 0.923. The molecule has 1 saturated carbocycles. The zero-order valence-electron chi connectivity index (χ0n) is 10.4. The highest BCUT2D eigenvalue weighted by Crippen LogP contribution is 2.37. The van der Waals surface area contributed by atoms with Crippen molar-refractivity contribution in [2.45, 2.75) is 64.0 Å². The third-order valence-corrected chi connectivity index (χ3v) is 4.41. The van der Waals surface area contributed by atoms with Gasteiger partial charge in [0.05, 0.1) is 5.92 Å². The summed E-state index contributed by atoms with van der Waals surface area (Å²) in [6, 6.07) is 0.281. The molecule has 2 aliphatic rings. The van der Waals surface area contributed by atoms with Crippen molar-refractivity contribution in [1.82, 2.24) is 4.90 Å². The average molecular weight is 225 g/mol. The maximum atomic E-state index is 11.3. The molecule has 92 valence electrons. The zero-order chi connectivity index (χ0) is 11.8. The Bertz CT molecular complexity index is 275. The van der Waals surface area contributed by atoms with Crippen LogP contribution in [0.25, 0.3) is 0 Å². The van der Waals surface area contributed by atoms with Crippen LogP contribution in [0.15, 0.2) is 0 Å². The lowest BCUT2D eigenvalue weighted by molar-refractivity contribution is -0.146. The van der Waals surface area contributed by atoms with E-state index in [0.717, 1.165) is 25.8 Å². The highest BCUT2D eigenvalue weighted by atomic mass is 16.4. The number of carbonyl (C=O) groups is 1. The minimum Gasteiger partial charge on any atom is -0.481 e. The van der Waals surface area contributed by atoms with Crippen LogP contribution in [0, 0.1) is 5.92 Å². The van der Waals surface area contributed by atoms with E-state index in [4.69, 9.17) is 0 Å². The second kappa shape index (κ2) is 4.36. The quantitative estimate of drug-likeness (QED) is 0.785. The van der Waals surface area contributed by atoms with Gasteiger partial charge in [-0.2, -0.15) is 0 Å². The van der Waals surface area contributed by atoms with Gasteiger partial charge in [0.1, 0.15) is 0 Å². The average Bonchev–Trinajstić information content (AvgIpc) is 2.58. The normalized spacial score (nSPS) is 35.1. The zero-order valence-corrected chi connectivity index (χ0v) is 10.4. The lowest BCUT2D eigenvalue weighted by Gasteiger charge is -2.43. The molecule has 0 bridgehead atoms. The number of carboxylic acid groups (broad SMARTS) is 1. The van der Waals surface area contributed by atoms with Gasteiger partial charge < -0.3 is 5.11 Å². The van der Waals surface area contributed by atoms with Crippen molar-refractivity contribution in [3.05, 3.63) is 0 Å². The van der Waals surface area contributed by atoms with Gasteiger partial charge in [0, 0.05) is 11.6 Å². The second-order valence-electron chi connectivity index (χ2n) is 5.91. The molecule has 1 N–H and O–H groups in total. The number of nitrogens with zero attached hydrogens (tertiary/aromatic N) is 1.